The molecule has 0 unspecified atom stereocenters. The van der Waals surface area contributed by atoms with Crippen molar-refractivity contribution in [1.82, 2.24) is 24.9 Å². The number of benzene rings is 1. The molecule has 0 aliphatic carbocycles. The molecule has 4 aromatic rings. The first-order valence-corrected chi connectivity index (χ1v) is 9.40. The van der Waals surface area contributed by atoms with Crippen molar-refractivity contribution >= 4 is 28.3 Å². The number of para-hydroxylation sites is 1. The number of nitrogens with one attached hydrogen (secondary N) is 1. The van der Waals surface area contributed by atoms with Gasteiger partial charge in [-0.05, 0) is 31.9 Å². The highest BCUT2D eigenvalue weighted by Crippen LogP contribution is 2.23. The number of piperidine rings is 1. The van der Waals surface area contributed by atoms with E-state index in [0.717, 1.165) is 54.2 Å². The Hall–Kier alpha value is -3.42. The Morgan fingerprint density at radius 1 is 1.21 bits per heavy atom. The molecule has 0 radical (unpaired) electrons. The number of anilines is 1. The molecular weight excluding hydrogens is 356 g/mol. The van der Waals surface area contributed by atoms with Gasteiger partial charge in [-0.15, -0.1) is 10.2 Å². The average molecular weight is 376 g/mol. The van der Waals surface area contributed by atoms with Gasteiger partial charge in [-0.25, -0.2) is 4.98 Å². The zero-order valence-corrected chi connectivity index (χ0v) is 15.5. The average Bonchev–Trinajstić information content (AvgIpc) is 3.33. The van der Waals surface area contributed by atoms with Gasteiger partial charge in [-0.1, -0.05) is 18.2 Å². The first-order chi connectivity index (χ1) is 13.7. The van der Waals surface area contributed by atoms with Gasteiger partial charge in [0.05, 0.1) is 0 Å². The van der Waals surface area contributed by atoms with E-state index in [1.165, 1.54) is 0 Å². The lowest BCUT2D eigenvalue weighted by Crippen LogP contribution is -2.45. The molecule has 8 nitrogen and oxygen atoms in total. The second-order valence-electron chi connectivity index (χ2n) is 7.07. The predicted molar refractivity (Wildman–Crippen MR) is 104 cm³/mol. The number of hydrogen-bond acceptors (Lipinski definition) is 6. The third-order valence-electron chi connectivity index (χ3n) is 5.26. The van der Waals surface area contributed by atoms with Gasteiger partial charge < -0.3 is 14.6 Å². The third-order valence-corrected chi connectivity index (χ3v) is 5.26. The highest BCUT2D eigenvalue weighted by Gasteiger charge is 2.25. The van der Waals surface area contributed by atoms with Crippen molar-refractivity contribution in [2.45, 2.75) is 25.8 Å². The highest BCUT2D eigenvalue weighted by atomic mass is 16.3. The number of carbonyl (C=O) groups excluding carboxylic acids is 1. The predicted octanol–water partition coefficient (Wildman–Crippen LogP) is 2.58. The summed E-state index contributed by atoms with van der Waals surface area (Å²) in [5.41, 5.74) is 1.50. The maximum Gasteiger partial charge on any atom is 0.287 e. The summed E-state index contributed by atoms with van der Waals surface area (Å²) in [6.45, 7) is 3.51. The minimum absolute atomic E-state index is 0.108. The molecule has 0 spiro atoms. The number of carbonyl (C=O) groups is 1. The SMILES string of the molecule is Cc1nnc2c(N3CCC(NC(=O)c4cc5ccccc5o4)CC3)nccn12. The highest BCUT2D eigenvalue weighted by molar-refractivity contribution is 5.96. The maximum absolute atomic E-state index is 12.6. The van der Waals surface area contributed by atoms with Crippen molar-refractivity contribution in [3.8, 4) is 0 Å². The van der Waals surface area contributed by atoms with E-state index in [9.17, 15) is 4.79 Å². The van der Waals surface area contributed by atoms with Crippen molar-refractivity contribution in [3.63, 3.8) is 0 Å². The molecule has 4 heterocycles. The minimum Gasteiger partial charge on any atom is -0.451 e. The summed E-state index contributed by atoms with van der Waals surface area (Å²) in [6.07, 6.45) is 5.31. The summed E-state index contributed by atoms with van der Waals surface area (Å²) in [6, 6.07) is 9.53. The molecule has 142 valence electrons. The molecule has 0 atom stereocenters. The zero-order valence-electron chi connectivity index (χ0n) is 15.5. The molecule has 28 heavy (non-hydrogen) atoms. The first-order valence-electron chi connectivity index (χ1n) is 9.40. The molecule has 1 saturated heterocycles. The molecule has 0 bridgehead atoms. The van der Waals surface area contributed by atoms with E-state index in [2.05, 4.69) is 25.4 Å². The molecule has 1 fully saturated rings. The summed E-state index contributed by atoms with van der Waals surface area (Å²) in [5.74, 6) is 1.87. The van der Waals surface area contributed by atoms with Crippen LogP contribution in [-0.2, 0) is 0 Å². The fraction of sp³-hybridized carbons (Fsp3) is 0.300. The molecule has 0 saturated carbocycles. The van der Waals surface area contributed by atoms with Crippen LogP contribution in [0.15, 0.2) is 47.1 Å². The van der Waals surface area contributed by atoms with E-state index in [4.69, 9.17) is 4.42 Å². The lowest BCUT2D eigenvalue weighted by molar-refractivity contribution is 0.0905. The van der Waals surface area contributed by atoms with Crippen LogP contribution in [-0.4, -0.2) is 44.6 Å². The van der Waals surface area contributed by atoms with E-state index in [1.54, 1.807) is 12.3 Å². The molecule has 1 aromatic carbocycles. The maximum atomic E-state index is 12.6. The van der Waals surface area contributed by atoms with Gasteiger partial charge >= 0.3 is 0 Å². The van der Waals surface area contributed by atoms with Crippen LogP contribution in [0.5, 0.6) is 0 Å². The van der Waals surface area contributed by atoms with Crippen LogP contribution in [0, 0.1) is 6.92 Å². The topological polar surface area (TPSA) is 88.6 Å². The molecule has 1 aliphatic heterocycles. The Morgan fingerprint density at radius 2 is 2.04 bits per heavy atom. The van der Waals surface area contributed by atoms with Gasteiger partial charge in [0.1, 0.15) is 11.4 Å². The summed E-state index contributed by atoms with van der Waals surface area (Å²) in [5, 5.41) is 12.4. The summed E-state index contributed by atoms with van der Waals surface area (Å²) >= 11 is 0. The van der Waals surface area contributed by atoms with Crippen molar-refractivity contribution in [2.24, 2.45) is 0 Å². The lowest BCUT2D eigenvalue weighted by Gasteiger charge is -2.32. The molecule has 8 heteroatoms. The van der Waals surface area contributed by atoms with E-state index in [1.807, 2.05) is 41.8 Å². The van der Waals surface area contributed by atoms with Crippen molar-refractivity contribution in [2.75, 3.05) is 18.0 Å². The molecule has 1 N–H and O–H groups in total. The van der Waals surface area contributed by atoms with E-state index in [-0.39, 0.29) is 11.9 Å². The van der Waals surface area contributed by atoms with E-state index in [0.29, 0.717) is 5.76 Å². The van der Waals surface area contributed by atoms with Gasteiger partial charge in [-0.2, -0.15) is 0 Å². The smallest absolute Gasteiger partial charge is 0.287 e. The molecule has 1 amide bonds. The van der Waals surface area contributed by atoms with Crippen LogP contribution in [0.4, 0.5) is 5.82 Å². The zero-order chi connectivity index (χ0) is 19.1. The summed E-state index contributed by atoms with van der Waals surface area (Å²) in [7, 11) is 0. The minimum atomic E-state index is -0.164. The van der Waals surface area contributed by atoms with Crippen LogP contribution in [0.2, 0.25) is 0 Å². The van der Waals surface area contributed by atoms with Crippen LogP contribution in [0.3, 0.4) is 0 Å². The van der Waals surface area contributed by atoms with Crippen LogP contribution >= 0.6 is 0 Å². The fourth-order valence-electron chi connectivity index (χ4n) is 3.74. The fourth-order valence-corrected chi connectivity index (χ4v) is 3.74. The van der Waals surface area contributed by atoms with Crippen molar-refractivity contribution in [3.05, 3.63) is 54.3 Å². The van der Waals surface area contributed by atoms with Gasteiger partial charge in [-0.3, -0.25) is 9.20 Å². The second-order valence-corrected chi connectivity index (χ2v) is 7.07. The number of rotatable bonds is 3. The molecule has 3 aromatic heterocycles. The lowest BCUT2D eigenvalue weighted by atomic mass is 10.0. The first kappa shape index (κ1) is 16.7. The Kier molecular flexibility index (Phi) is 3.96. The Bertz CT molecular complexity index is 1120. The molecule has 5 rings (SSSR count). The Balaban J connectivity index is 1.26. The molecular formula is C20H20N6O2. The number of furan rings is 1. The van der Waals surface area contributed by atoms with Gasteiger partial charge in [0.2, 0.25) is 5.65 Å². The van der Waals surface area contributed by atoms with Gasteiger partial charge in [0.25, 0.3) is 5.91 Å². The summed E-state index contributed by atoms with van der Waals surface area (Å²) in [4.78, 5) is 19.3. The summed E-state index contributed by atoms with van der Waals surface area (Å²) < 4.78 is 7.60. The monoisotopic (exact) mass is 376 g/mol. The van der Waals surface area contributed by atoms with Gasteiger partial charge in [0.15, 0.2) is 11.6 Å². The van der Waals surface area contributed by atoms with Crippen LogP contribution in [0.1, 0.15) is 29.2 Å². The van der Waals surface area contributed by atoms with Crippen LogP contribution in [0.25, 0.3) is 16.6 Å². The largest absolute Gasteiger partial charge is 0.451 e. The quantitative estimate of drug-likeness (QED) is 0.591. The number of aryl methyl sites for hydroxylation is 1. The van der Waals surface area contributed by atoms with Crippen LogP contribution < -0.4 is 10.2 Å². The van der Waals surface area contributed by atoms with E-state index < -0.39 is 0 Å². The normalized spacial score (nSPS) is 15.4. The standard InChI is InChI=1S/C20H20N6O2/c1-13-23-24-19-18(21-8-11-26(13)19)25-9-6-15(7-10-25)22-20(27)17-12-14-4-2-3-5-16(14)28-17/h2-5,8,11-12,15H,6-7,9-10H2,1H3,(H,22,27). The number of hydrogen-bond donors (Lipinski definition) is 1. The Labute approximate surface area is 161 Å². The number of aromatic nitrogens is 4. The number of fused-ring (bicyclic) bond motifs is 2. The van der Waals surface area contributed by atoms with E-state index >= 15 is 0 Å². The van der Waals surface area contributed by atoms with Crippen molar-refractivity contribution in [1.29, 1.82) is 0 Å². The van der Waals surface area contributed by atoms with Crippen molar-refractivity contribution < 1.29 is 9.21 Å². The number of amides is 1. The third kappa shape index (κ3) is 2.87. The number of nitrogens with zero attached hydrogens (tertiary/aromatic N) is 5. The second kappa shape index (κ2) is 6.63. The Morgan fingerprint density at radius 3 is 2.86 bits per heavy atom. The van der Waals surface area contributed by atoms with Gasteiger partial charge in [0, 0.05) is 36.9 Å². The molecule has 1 aliphatic rings.